The van der Waals surface area contributed by atoms with Gasteiger partial charge in [0.25, 0.3) is 11.9 Å². The summed E-state index contributed by atoms with van der Waals surface area (Å²) in [6.07, 6.45) is 4.98. The van der Waals surface area contributed by atoms with E-state index in [2.05, 4.69) is 25.6 Å². The van der Waals surface area contributed by atoms with Crippen LogP contribution in [0.3, 0.4) is 0 Å². The van der Waals surface area contributed by atoms with E-state index in [9.17, 15) is 14.4 Å². The number of ether oxygens (including phenoxy) is 3. The zero-order valence-electron chi connectivity index (χ0n) is 30.0. The summed E-state index contributed by atoms with van der Waals surface area (Å²) in [7, 11) is 0. The van der Waals surface area contributed by atoms with E-state index in [4.69, 9.17) is 34.7 Å². The highest BCUT2D eigenvalue weighted by Crippen LogP contribution is 2.27. The van der Waals surface area contributed by atoms with Crippen LogP contribution in [0.25, 0.3) is 0 Å². The molecular weight excluding hydrogens is 638 g/mol. The summed E-state index contributed by atoms with van der Waals surface area (Å²) in [6, 6.07) is 0. The minimum atomic E-state index is -0.506. The second-order valence-corrected chi connectivity index (χ2v) is 14.3. The number of esters is 1. The first-order valence-corrected chi connectivity index (χ1v) is 17.1. The van der Waals surface area contributed by atoms with Gasteiger partial charge in [-0.3, -0.25) is 4.79 Å². The maximum Gasteiger partial charge on any atom is 0.410 e. The molecule has 3 aliphatic rings. The molecule has 3 atom stereocenters. The Morgan fingerprint density at radius 2 is 1.31 bits per heavy atom. The van der Waals surface area contributed by atoms with E-state index in [0.717, 1.165) is 51.6 Å². The average Bonchev–Trinajstić information content (AvgIpc) is 3.69. The predicted molar refractivity (Wildman–Crippen MR) is 179 cm³/mol. The van der Waals surface area contributed by atoms with Crippen LogP contribution in [0.1, 0.15) is 111 Å². The molecule has 5 N–H and O–H groups in total. The number of nitrogen functional groups attached to an aromatic ring is 2. The van der Waals surface area contributed by atoms with E-state index in [-0.39, 0.29) is 41.9 Å². The van der Waals surface area contributed by atoms with Crippen molar-refractivity contribution in [3.63, 3.8) is 0 Å². The standard InChI is InChI=1S/C13H23NO4.C12H20N4O3.C7H12N4O/c1-5-17-11(15)10-7-6-8-14(9-10)12(16)18-13(2,3)4;1-12(2,3)18-11(17)16-6-4-5-8(7-16)9-14-10(13)15-19-9;8-7-10-6(12-11-7)5-2-1-3-9-4-5/h10H,5-9H2,1-4H3;8H,4-7H2,1-3H3,(H2,13,15);5,9H,1-4H2,(H2,8,11). The molecule has 0 radical (unpaired) electrons. The quantitative estimate of drug-likeness (QED) is 0.303. The molecule has 5 heterocycles. The van der Waals surface area contributed by atoms with Gasteiger partial charge in [-0.25, -0.2) is 9.59 Å². The molecule has 276 valence electrons. The number of nitrogens with one attached hydrogen (secondary N) is 1. The zero-order chi connectivity index (χ0) is 36.2. The van der Waals surface area contributed by atoms with Crippen LogP contribution in [0.5, 0.6) is 0 Å². The van der Waals surface area contributed by atoms with E-state index in [0.29, 0.717) is 50.5 Å². The minimum absolute atomic E-state index is 0.0334. The molecule has 17 heteroatoms. The Bertz CT molecular complexity index is 1330. The van der Waals surface area contributed by atoms with Gasteiger partial charge < -0.3 is 49.8 Å². The van der Waals surface area contributed by atoms with Crippen molar-refractivity contribution in [3.05, 3.63) is 11.8 Å². The Morgan fingerprint density at radius 1 is 0.796 bits per heavy atom. The van der Waals surface area contributed by atoms with Gasteiger partial charge in [0.2, 0.25) is 11.8 Å². The highest BCUT2D eigenvalue weighted by atomic mass is 16.6. The predicted octanol–water partition coefficient (Wildman–Crippen LogP) is 4.08. The topological polar surface area (TPSA) is 227 Å². The largest absolute Gasteiger partial charge is 0.466 e. The molecule has 3 unspecified atom stereocenters. The Hall–Kier alpha value is -4.15. The third kappa shape index (κ3) is 13.7. The van der Waals surface area contributed by atoms with Crippen molar-refractivity contribution in [1.29, 1.82) is 0 Å². The molecule has 0 spiro atoms. The smallest absolute Gasteiger partial charge is 0.410 e. The molecule has 2 aromatic heterocycles. The lowest BCUT2D eigenvalue weighted by molar-refractivity contribution is -0.149. The van der Waals surface area contributed by atoms with Crippen LogP contribution in [-0.2, 0) is 19.0 Å². The maximum atomic E-state index is 12.0. The first-order valence-electron chi connectivity index (χ1n) is 17.1. The molecule has 0 bridgehead atoms. The van der Waals surface area contributed by atoms with Gasteiger partial charge in [-0.05, 0) is 104 Å². The van der Waals surface area contributed by atoms with Crippen LogP contribution in [0.15, 0.2) is 9.05 Å². The van der Waals surface area contributed by atoms with Gasteiger partial charge in [0.1, 0.15) is 11.2 Å². The normalized spacial score (nSPS) is 21.3. The summed E-state index contributed by atoms with van der Waals surface area (Å²) < 4.78 is 25.7. The highest BCUT2D eigenvalue weighted by molar-refractivity contribution is 5.75. The van der Waals surface area contributed by atoms with Crippen molar-refractivity contribution in [3.8, 4) is 0 Å². The van der Waals surface area contributed by atoms with Crippen LogP contribution < -0.4 is 16.8 Å². The van der Waals surface area contributed by atoms with E-state index in [1.54, 1.807) is 16.7 Å². The summed E-state index contributed by atoms with van der Waals surface area (Å²) in [5, 5.41) is 10.4. The number of amides is 2. The lowest BCUT2D eigenvalue weighted by Gasteiger charge is -2.33. The molecule has 3 fully saturated rings. The average molecular weight is 694 g/mol. The van der Waals surface area contributed by atoms with Crippen molar-refractivity contribution in [2.75, 3.05) is 57.3 Å². The fourth-order valence-electron chi connectivity index (χ4n) is 5.48. The number of nitrogens with two attached hydrogens (primary N) is 2. The molecule has 5 rings (SSSR count). The van der Waals surface area contributed by atoms with Crippen molar-refractivity contribution >= 4 is 30.1 Å². The summed E-state index contributed by atoms with van der Waals surface area (Å²) in [5.74, 6) is 1.47. The van der Waals surface area contributed by atoms with Gasteiger partial charge in [-0.1, -0.05) is 0 Å². The van der Waals surface area contributed by atoms with Gasteiger partial charge in [0.05, 0.1) is 24.4 Å². The minimum Gasteiger partial charge on any atom is -0.466 e. The molecule has 17 nitrogen and oxygen atoms in total. The lowest BCUT2D eigenvalue weighted by atomic mass is 9.98. The number of carbonyl (C=O) groups excluding carboxylic acids is 3. The molecule has 49 heavy (non-hydrogen) atoms. The molecule has 0 aromatic carbocycles. The fourth-order valence-corrected chi connectivity index (χ4v) is 5.48. The molecule has 0 aliphatic carbocycles. The van der Waals surface area contributed by atoms with E-state index in [1.807, 2.05) is 41.5 Å². The second kappa shape index (κ2) is 18.0. The summed E-state index contributed by atoms with van der Waals surface area (Å²) in [4.78, 5) is 46.8. The van der Waals surface area contributed by atoms with Gasteiger partial charge in [-0.2, -0.15) is 9.97 Å². The number of aromatic nitrogens is 4. The van der Waals surface area contributed by atoms with Crippen LogP contribution in [-0.4, -0.2) is 105 Å². The first-order chi connectivity index (χ1) is 23.0. The molecule has 2 aromatic rings. The second-order valence-electron chi connectivity index (χ2n) is 14.3. The number of anilines is 2. The van der Waals surface area contributed by atoms with E-state index < -0.39 is 11.2 Å². The Kier molecular flexibility index (Phi) is 14.4. The number of hydrogen-bond donors (Lipinski definition) is 3. The number of rotatable bonds is 4. The number of hydrogen-bond acceptors (Lipinski definition) is 15. The first kappa shape index (κ1) is 39.3. The molecule has 3 aliphatic heterocycles. The fraction of sp³-hybridized carbons (Fsp3) is 0.781. The third-order valence-corrected chi connectivity index (χ3v) is 7.68. The summed E-state index contributed by atoms with van der Waals surface area (Å²) in [6.45, 7) is 17.5. The molecule has 3 saturated heterocycles. The summed E-state index contributed by atoms with van der Waals surface area (Å²) in [5.41, 5.74) is 9.80. The molecule has 2 amide bonds. The van der Waals surface area contributed by atoms with Gasteiger partial charge in [0, 0.05) is 32.7 Å². The lowest BCUT2D eigenvalue weighted by Crippen LogP contribution is -2.45. The van der Waals surface area contributed by atoms with Crippen molar-refractivity contribution in [1.82, 2.24) is 35.4 Å². The number of likely N-dealkylation sites (tertiary alicyclic amines) is 2. The maximum absolute atomic E-state index is 12.0. The Labute approximate surface area is 288 Å². The van der Waals surface area contributed by atoms with Crippen molar-refractivity contribution in [2.24, 2.45) is 5.92 Å². The molecular formula is C32H55N9O8. The van der Waals surface area contributed by atoms with Gasteiger partial charge in [0.15, 0.2) is 0 Å². The van der Waals surface area contributed by atoms with Gasteiger partial charge >= 0.3 is 18.2 Å². The highest BCUT2D eigenvalue weighted by Gasteiger charge is 2.32. The number of carbonyl (C=O) groups is 3. The Morgan fingerprint density at radius 3 is 1.78 bits per heavy atom. The van der Waals surface area contributed by atoms with Crippen LogP contribution in [0, 0.1) is 5.92 Å². The third-order valence-electron chi connectivity index (χ3n) is 7.68. The number of piperidine rings is 3. The van der Waals surface area contributed by atoms with E-state index in [1.165, 1.54) is 0 Å². The van der Waals surface area contributed by atoms with Crippen LogP contribution in [0.2, 0.25) is 0 Å². The zero-order valence-corrected chi connectivity index (χ0v) is 30.0. The number of nitrogens with zero attached hydrogens (tertiary/aromatic N) is 6. The monoisotopic (exact) mass is 693 g/mol. The SMILES string of the molecule is CC(C)(C)OC(=O)N1CCCC(c2nc(N)no2)C1.CCOC(=O)C1CCCN(C(=O)OC(C)(C)C)C1.Nc1noc(C2CCCNC2)n1. The Balaban J connectivity index is 0.000000204. The van der Waals surface area contributed by atoms with Crippen molar-refractivity contribution in [2.45, 2.75) is 110 Å². The van der Waals surface area contributed by atoms with Crippen molar-refractivity contribution < 1.29 is 37.6 Å². The molecule has 0 saturated carbocycles. The summed E-state index contributed by atoms with van der Waals surface area (Å²) >= 11 is 0. The van der Waals surface area contributed by atoms with Crippen LogP contribution in [0.4, 0.5) is 21.5 Å². The van der Waals surface area contributed by atoms with E-state index >= 15 is 0 Å². The van der Waals surface area contributed by atoms with Gasteiger partial charge in [-0.15, -0.1) is 0 Å². The van der Waals surface area contributed by atoms with Crippen LogP contribution >= 0.6 is 0 Å².